The molecule has 0 aliphatic heterocycles. The normalized spacial score (nSPS) is 11.8. The van der Waals surface area contributed by atoms with Gasteiger partial charge >= 0.3 is 5.97 Å². The Balaban J connectivity index is 2.13. The Kier molecular flexibility index (Phi) is 4.79. The molecule has 124 valence electrons. The second-order valence-corrected chi connectivity index (χ2v) is 5.48. The fourth-order valence-corrected chi connectivity index (χ4v) is 2.94. The molecule has 0 fully saturated rings. The molecule has 1 heterocycles. The smallest absolute Gasteiger partial charge is 0.326 e. The van der Waals surface area contributed by atoms with Gasteiger partial charge in [0.1, 0.15) is 6.54 Å². The number of hydrogen-bond donors (Lipinski definition) is 0. The molecule has 0 amide bonds. The van der Waals surface area contributed by atoms with Gasteiger partial charge in [-0.25, -0.2) is 0 Å². The van der Waals surface area contributed by atoms with Gasteiger partial charge in [-0.05, 0) is 24.6 Å². The predicted octanol–water partition coefficient (Wildman–Crippen LogP) is 2.58. The zero-order valence-corrected chi connectivity index (χ0v) is 14.0. The molecule has 0 saturated heterocycles. The third-order valence-corrected chi connectivity index (χ3v) is 3.92. The first kappa shape index (κ1) is 16.1. The van der Waals surface area contributed by atoms with Gasteiger partial charge in [-0.1, -0.05) is 42.5 Å². The number of hydrogen-bond acceptors (Lipinski definition) is 3. The SMILES string of the molecule is CCOC(=O)Cn1c(=NC)n(Cc2ccccc2)c2ccccc21. The Morgan fingerprint density at radius 2 is 1.62 bits per heavy atom. The molecule has 0 bridgehead atoms. The Labute approximate surface area is 140 Å². The van der Waals surface area contributed by atoms with E-state index in [9.17, 15) is 4.79 Å². The topological polar surface area (TPSA) is 48.5 Å². The fourth-order valence-electron chi connectivity index (χ4n) is 2.94. The summed E-state index contributed by atoms with van der Waals surface area (Å²) < 4.78 is 9.15. The van der Waals surface area contributed by atoms with Gasteiger partial charge in [-0.2, -0.15) is 0 Å². The van der Waals surface area contributed by atoms with Crippen molar-refractivity contribution in [3.8, 4) is 0 Å². The minimum absolute atomic E-state index is 0.156. The van der Waals surface area contributed by atoms with Crippen molar-refractivity contribution in [3.05, 3.63) is 65.8 Å². The van der Waals surface area contributed by atoms with Crippen LogP contribution in [0, 0.1) is 0 Å². The van der Waals surface area contributed by atoms with Crippen molar-refractivity contribution in [2.75, 3.05) is 13.7 Å². The summed E-state index contributed by atoms with van der Waals surface area (Å²) in [7, 11) is 1.75. The summed E-state index contributed by atoms with van der Waals surface area (Å²) >= 11 is 0. The fraction of sp³-hybridized carbons (Fsp3) is 0.263. The van der Waals surface area contributed by atoms with Crippen LogP contribution in [0.15, 0.2) is 59.6 Å². The third-order valence-electron chi connectivity index (χ3n) is 3.92. The highest BCUT2D eigenvalue weighted by molar-refractivity contribution is 5.78. The molecule has 0 unspecified atom stereocenters. The predicted molar refractivity (Wildman–Crippen MR) is 93.6 cm³/mol. The quantitative estimate of drug-likeness (QED) is 0.678. The molecule has 3 rings (SSSR count). The minimum atomic E-state index is -0.255. The molecule has 3 aromatic rings. The Morgan fingerprint density at radius 3 is 2.25 bits per heavy atom. The van der Waals surface area contributed by atoms with Crippen molar-refractivity contribution < 1.29 is 9.53 Å². The average Bonchev–Trinajstić information content (AvgIpc) is 2.89. The van der Waals surface area contributed by atoms with Crippen LogP contribution in [-0.4, -0.2) is 28.8 Å². The second-order valence-electron chi connectivity index (χ2n) is 5.48. The van der Waals surface area contributed by atoms with Crippen LogP contribution in [0.4, 0.5) is 0 Å². The van der Waals surface area contributed by atoms with Crippen molar-refractivity contribution in [3.63, 3.8) is 0 Å². The molecule has 0 aliphatic carbocycles. The number of carbonyl (C=O) groups excluding carboxylic acids is 1. The number of imidazole rings is 1. The minimum Gasteiger partial charge on any atom is -0.465 e. The largest absolute Gasteiger partial charge is 0.465 e. The first-order valence-electron chi connectivity index (χ1n) is 8.05. The lowest BCUT2D eigenvalue weighted by Crippen LogP contribution is -2.29. The van der Waals surface area contributed by atoms with Gasteiger partial charge in [0.15, 0.2) is 0 Å². The molecule has 1 aromatic heterocycles. The van der Waals surface area contributed by atoms with E-state index >= 15 is 0 Å². The van der Waals surface area contributed by atoms with E-state index in [0.29, 0.717) is 13.2 Å². The lowest BCUT2D eigenvalue weighted by atomic mass is 10.2. The highest BCUT2D eigenvalue weighted by Crippen LogP contribution is 2.15. The summed E-state index contributed by atoms with van der Waals surface area (Å²) in [6, 6.07) is 18.2. The van der Waals surface area contributed by atoms with Crippen LogP contribution in [0.5, 0.6) is 0 Å². The van der Waals surface area contributed by atoms with Crippen molar-refractivity contribution in [2.24, 2.45) is 4.99 Å². The zero-order valence-electron chi connectivity index (χ0n) is 14.0. The summed E-state index contributed by atoms with van der Waals surface area (Å²) in [6.07, 6.45) is 0. The van der Waals surface area contributed by atoms with E-state index in [4.69, 9.17) is 4.74 Å². The number of rotatable bonds is 5. The Bertz CT molecular complexity index is 907. The Hall–Kier alpha value is -2.82. The number of para-hydroxylation sites is 2. The number of nitrogens with zero attached hydrogens (tertiary/aromatic N) is 3. The average molecular weight is 323 g/mol. The molecule has 24 heavy (non-hydrogen) atoms. The van der Waals surface area contributed by atoms with E-state index in [1.807, 2.05) is 47.9 Å². The van der Waals surface area contributed by atoms with Gasteiger partial charge in [0.25, 0.3) is 0 Å². The zero-order chi connectivity index (χ0) is 16.9. The number of ether oxygens (including phenoxy) is 1. The van der Waals surface area contributed by atoms with Gasteiger partial charge < -0.3 is 9.30 Å². The Morgan fingerprint density at radius 1 is 1.00 bits per heavy atom. The molecule has 5 heteroatoms. The summed E-state index contributed by atoms with van der Waals surface area (Å²) in [5.74, 6) is -0.255. The first-order chi connectivity index (χ1) is 11.7. The van der Waals surface area contributed by atoms with Gasteiger partial charge in [-0.3, -0.25) is 14.4 Å². The van der Waals surface area contributed by atoms with E-state index < -0.39 is 0 Å². The molecule has 0 radical (unpaired) electrons. The number of benzene rings is 2. The van der Waals surface area contributed by atoms with Crippen LogP contribution >= 0.6 is 0 Å². The van der Waals surface area contributed by atoms with E-state index in [0.717, 1.165) is 16.7 Å². The lowest BCUT2D eigenvalue weighted by Gasteiger charge is -2.06. The molecule has 0 N–H and O–H groups in total. The van der Waals surface area contributed by atoms with Gasteiger partial charge in [0, 0.05) is 7.05 Å². The van der Waals surface area contributed by atoms with E-state index in [-0.39, 0.29) is 12.5 Å². The molecule has 0 spiro atoms. The van der Waals surface area contributed by atoms with Crippen LogP contribution < -0.4 is 5.62 Å². The molecule has 5 nitrogen and oxygen atoms in total. The second kappa shape index (κ2) is 7.17. The molecule has 0 aliphatic rings. The number of esters is 1. The molecule has 0 atom stereocenters. The van der Waals surface area contributed by atoms with E-state index in [2.05, 4.69) is 27.8 Å². The van der Waals surface area contributed by atoms with Crippen molar-refractivity contribution >= 4 is 17.0 Å². The lowest BCUT2D eigenvalue weighted by molar-refractivity contribution is -0.143. The van der Waals surface area contributed by atoms with Gasteiger partial charge in [0.2, 0.25) is 5.62 Å². The van der Waals surface area contributed by atoms with E-state index in [1.165, 1.54) is 5.56 Å². The maximum absolute atomic E-state index is 12.0. The highest BCUT2D eigenvalue weighted by atomic mass is 16.5. The summed E-state index contributed by atoms with van der Waals surface area (Å²) in [5, 5.41) is 0. The van der Waals surface area contributed by atoms with Crippen molar-refractivity contribution in [1.82, 2.24) is 9.13 Å². The van der Waals surface area contributed by atoms with Gasteiger partial charge in [-0.15, -0.1) is 0 Å². The summed E-state index contributed by atoms with van der Waals surface area (Å²) in [6.45, 7) is 3.04. The van der Waals surface area contributed by atoms with Crippen molar-refractivity contribution in [2.45, 2.75) is 20.0 Å². The summed E-state index contributed by atoms with van der Waals surface area (Å²) in [4.78, 5) is 16.4. The number of aromatic nitrogens is 2. The number of fused-ring (bicyclic) bond motifs is 1. The van der Waals surface area contributed by atoms with Crippen molar-refractivity contribution in [1.29, 1.82) is 0 Å². The maximum atomic E-state index is 12.0. The van der Waals surface area contributed by atoms with Crippen LogP contribution in [0.1, 0.15) is 12.5 Å². The molecule has 2 aromatic carbocycles. The standard InChI is InChI=1S/C19H21N3O2/c1-3-24-18(23)14-22-17-12-8-7-11-16(17)21(19(22)20-2)13-15-9-5-4-6-10-15/h4-12H,3,13-14H2,1-2H3. The summed E-state index contributed by atoms with van der Waals surface area (Å²) in [5.41, 5.74) is 3.97. The third kappa shape index (κ3) is 3.11. The monoisotopic (exact) mass is 323 g/mol. The first-order valence-corrected chi connectivity index (χ1v) is 8.05. The van der Waals surface area contributed by atoms with Gasteiger partial charge in [0.05, 0.1) is 24.2 Å². The van der Waals surface area contributed by atoms with E-state index in [1.54, 1.807) is 7.05 Å². The molecule has 0 saturated carbocycles. The van der Waals surface area contributed by atoms with Crippen LogP contribution in [0.3, 0.4) is 0 Å². The molecular weight excluding hydrogens is 302 g/mol. The van der Waals surface area contributed by atoms with Crippen LogP contribution in [0.25, 0.3) is 11.0 Å². The molecular formula is C19H21N3O2. The van der Waals surface area contributed by atoms with Crippen LogP contribution in [0.2, 0.25) is 0 Å². The highest BCUT2D eigenvalue weighted by Gasteiger charge is 2.14. The maximum Gasteiger partial charge on any atom is 0.326 e. The number of carbonyl (C=O) groups is 1. The van der Waals surface area contributed by atoms with Crippen LogP contribution in [-0.2, 0) is 22.6 Å².